The third-order valence-electron chi connectivity index (χ3n) is 3.21. The molecule has 1 heterocycles. The van der Waals surface area contributed by atoms with Gasteiger partial charge in [0.05, 0.1) is 0 Å². The summed E-state index contributed by atoms with van der Waals surface area (Å²) in [6.07, 6.45) is 4.54. The maximum absolute atomic E-state index is 5.53. The predicted octanol–water partition coefficient (Wildman–Crippen LogP) is 2.86. The highest BCUT2D eigenvalue weighted by atomic mass is 16.5. The summed E-state index contributed by atoms with van der Waals surface area (Å²) in [6.45, 7) is 11.8. The number of ether oxygens (including phenoxy) is 1. The van der Waals surface area contributed by atoms with Crippen molar-refractivity contribution in [3.63, 3.8) is 0 Å². The molecule has 1 fully saturated rings. The summed E-state index contributed by atoms with van der Waals surface area (Å²) >= 11 is 0. The number of methoxy groups -OCH3 is 1. The van der Waals surface area contributed by atoms with E-state index in [0.717, 1.165) is 6.54 Å². The van der Waals surface area contributed by atoms with Gasteiger partial charge in [0.15, 0.2) is 0 Å². The van der Waals surface area contributed by atoms with Crippen molar-refractivity contribution in [1.29, 1.82) is 0 Å². The Morgan fingerprint density at radius 3 is 2.64 bits per heavy atom. The molecule has 0 N–H and O–H groups in total. The van der Waals surface area contributed by atoms with Crippen LogP contribution in [0.1, 0.15) is 33.6 Å². The van der Waals surface area contributed by atoms with Gasteiger partial charge in [0.25, 0.3) is 0 Å². The molecule has 1 rings (SSSR count). The van der Waals surface area contributed by atoms with Crippen molar-refractivity contribution in [2.24, 2.45) is 11.3 Å². The van der Waals surface area contributed by atoms with E-state index in [1.165, 1.54) is 12.8 Å². The zero-order valence-electron chi connectivity index (χ0n) is 9.92. The van der Waals surface area contributed by atoms with E-state index < -0.39 is 0 Å². The third kappa shape index (κ3) is 2.50. The fourth-order valence-corrected chi connectivity index (χ4v) is 2.52. The quantitative estimate of drug-likeness (QED) is 0.675. The van der Waals surface area contributed by atoms with Crippen molar-refractivity contribution < 1.29 is 4.74 Å². The molecule has 0 aliphatic carbocycles. The van der Waals surface area contributed by atoms with Crippen LogP contribution in [0.3, 0.4) is 0 Å². The molecular formula is C12H23NO. The minimum Gasteiger partial charge on any atom is -0.361 e. The summed E-state index contributed by atoms with van der Waals surface area (Å²) in [5.41, 5.74) is 0.425. The number of nitrogens with zero attached hydrogens (tertiary/aromatic N) is 1. The molecule has 1 saturated heterocycles. The van der Waals surface area contributed by atoms with Crippen LogP contribution < -0.4 is 0 Å². The van der Waals surface area contributed by atoms with E-state index in [9.17, 15) is 0 Å². The van der Waals surface area contributed by atoms with Gasteiger partial charge >= 0.3 is 0 Å². The minimum atomic E-state index is 0.203. The Hall–Kier alpha value is -0.500. The smallest absolute Gasteiger partial charge is 0.131 e. The zero-order valence-corrected chi connectivity index (χ0v) is 9.92. The van der Waals surface area contributed by atoms with Crippen LogP contribution in [0.5, 0.6) is 0 Å². The Morgan fingerprint density at radius 1 is 1.50 bits per heavy atom. The number of likely N-dealkylation sites (tertiary alicyclic amines) is 1. The Balaban J connectivity index is 2.78. The Labute approximate surface area is 87.9 Å². The van der Waals surface area contributed by atoms with Gasteiger partial charge in [0.2, 0.25) is 0 Å². The molecule has 1 aliphatic heterocycles. The second kappa shape index (κ2) is 4.35. The van der Waals surface area contributed by atoms with Gasteiger partial charge in [-0.2, -0.15) is 0 Å². The summed E-state index contributed by atoms with van der Waals surface area (Å²) < 4.78 is 5.53. The highest BCUT2D eigenvalue weighted by molar-refractivity contribution is 4.86. The molecule has 0 aromatic carbocycles. The summed E-state index contributed by atoms with van der Waals surface area (Å²) in [4.78, 5) is 2.22. The van der Waals surface area contributed by atoms with Crippen molar-refractivity contribution in [2.75, 3.05) is 13.7 Å². The molecule has 1 aliphatic rings. The van der Waals surface area contributed by atoms with Crippen LogP contribution in [-0.4, -0.2) is 24.8 Å². The van der Waals surface area contributed by atoms with Crippen LogP contribution in [0, 0.1) is 11.3 Å². The normalized spacial score (nSPS) is 32.4. The van der Waals surface area contributed by atoms with Crippen LogP contribution in [0.25, 0.3) is 0 Å². The molecule has 0 aromatic heterocycles. The lowest BCUT2D eigenvalue weighted by Gasteiger charge is -2.31. The summed E-state index contributed by atoms with van der Waals surface area (Å²) in [5, 5.41) is 0. The van der Waals surface area contributed by atoms with E-state index in [2.05, 4.69) is 32.3 Å². The van der Waals surface area contributed by atoms with E-state index in [4.69, 9.17) is 4.74 Å². The second-order valence-corrected chi connectivity index (χ2v) is 5.14. The highest BCUT2D eigenvalue weighted by Gasteiger charge is 2.32. The first kappa shape index (κ1) is 11.6. The molecule has 0 amide bonds. The zero-order chi connectivity index (χ0) is 10.8. The summed E-state index contributed by atoms with van der Waals surface area (Å²) in [5.74, 6) is 0.565. The van der Waals surface area contributed by atoms with E-state index in [0.29, 0.717) is 11.3 Å². The molecule has 0 aromatic rings. The molecule has 0 radical (unpaired) electrons. The van der Waals surface area contributed by atoms with Gasteiger partial charge in [0, 0.05) is 19.6 Å². The predicted molar refractivity (Wildman–Crippen MR) is 59.9 cm³/mol. The number of hydrogen-bond donors (Lipinski definition) is 0. The number of rotatable bonds is 2. The lowest BCUT2D eigenvalue weighted by molar-refractivity contribution is -0.0374. The van der Waals surface area contributed by atoms with Crippen LogP contribution in [-0.2, 0) is 4.74 Å². The van der Waals surface area contributed by atoms with Crippen molar-refractivity contribution in [1.82, 2.24) is 4.90 Å². The van der Waals surface area contributed by atoms with Gasteiger partial charge in [-0.15, -0.1) is 0 Å². The highest BCUT2D eigenvalue weighted by Crippen LogP contribution is 2.35. The molecule has 0 bridgehead atoms. The summed E-state index contributed by atoms with van der Waals surface area (Å²) in [6, 6.07) is 0. The largest absolute Gasteiger partial charge is 0.361 e. The monoisotopic (exact) mass is 197 g/mol. The third-order valence-corrected chi connectivity index (χ3v) is 3.21. The lowest BCUT2D eigenvalue weighted by Crippen LogP contribution is -2.36. The van der Waals surface area contributed by atoms with E-state index in [1.807, 2.05) is 6.20 Å². The molecule has 2 heteroatoms. The fraction of sp³-hybridized carbons (Fsp3) is 0.833. The average Bonchev–Trinajstić information content (AvgIpc) is 2.20. The molecule has 82 valence electrons. The van der Waals surface area contributed by atoms with Gasteiger partial charge < -0.3 is 9.64 Å². The Kier molecular flexibility index (Phi) is 3.59. The minimum absolute atomic E-state index is 0.203. The van der Waals surface area contributed by atoms with Crippen molar-refractivity contribution in [2.45, 2.75) is 39.8 Å². The van der Waals surface area contributed by atoms with Crippen LogP contribution in [0.2, 0.25) is 0 Å². The van der Waals surface area contributed by atoms with Crippen molar-refractivity contribution in [3.8, 4) is 0 Å². The Bertz CT molecular complexity index is 200. The molecule has 2 atom stereocenters. The fourth-order valence-electron chi connectivity index (χ4n) is 2.52. The molecule has 2 unspecified atom stereocenters. The SMILES string of the molecule is C=CN1CCC(C)(C)CC(C)C1OC. The molecule has 14 heavy (non-hydrogen) atoms. The first-order valence-corrected chi connectivity index (χ1v) is 5.41. The molecule has 0 saturated carbocycles. The maximum Gasteiger partial charge on any atom is 0.131 e. The number of hydrogen-bond acceptors (Lipinski definition) is 2. The maximum atomic E-state index is 5.53. The van der Waals surface area contributed by atoms with Crippen LogP contribution >= 0.6 is 0 Å². The molecule has 0 spiro atoms. The molecule has 2 nitrogen and oxygen atoms in total. The van der Waals surface area contributed by atoms with Gasteiger partial charge in [-0.1, -0.05) is 27.4 Å². The second-order valence-electron chi connectivity index (χ2n) is 5.14. The first-order valence-electron chi connectivity index (χ1n) is 5.41. The van der Waals surface area contributed by atoms with Gasteiger partial charge in [-0.05, 0) is 24.5 Å². The van der Waals surface area contributed by atoms with Crippen LogP contribution in [0.4, 0.5) is 0 Å². The van der Waals surface area contributed by atoms with Gasteiger partial charge in [-0.25, -0.2) is 0 Å². The van der Waals surface area contributed by atoms with E-state index in [-0.39, 0.29) is 6.23 Å². The van der Waals surface area contributed by atoms with Gasteiger partial charge in [0.1, 0.15) is 6.23 Å². The van der Waals surface area contributed by atoms with Crippen molar-refractivity contribution >= 4 is 0 Å². The van der Waals surface area contributed by atoms with Crippen LogP contribution in [0.15, 0.2) is 12.8 Å². The standard InChI is InChI=1S/C12H23NO/c1-6-13-8-7-12(3,4)9-10(2)11(13)14-5/h6,10-11H,1,7-9H2,2-5H3. The summed E-state index contributed by atoms with van der Waals surface area (Å²) in [7, 11) is 1.79. The van der Waals surface area contributed by atoms with E-state index in [1.54, 1.807) is 7.11 Å². The average molecular weight is 197 g/mol. The Morgan fingerprint density at radius 2 is 2.14 bits per heavy atom. The van der Waals surface area contributed by atoms with Gasteiger partial charge in [-0.3, -0.25) is 0 Å². The molecular weight excluding hydrogens is 174 g/mol. The lowest BCUT2D eigenvalue weighted by atomic mass is 9.81. The van der Waals surface area contributed by atoms with Crippen molar-refractivity contribution in [3.05, 3.63) is 12.8 Å². The first-order chi connectivity index (χ1) is 6.50. The van der Waals surface area contributed by atoms with E-state index >= 15 is 0 Å². The topological polar surface area (TPSA) is 12.5 Å².